The summed E-state index contributed by atoms with van der Waals surface area (Å²) in [6.07, 6.45) is -0.875. The highest BCUT2D eigenvalue weighted by molar-refractivity contribution is 4.76. The van der Waals surface area contributed by atoms with Crippen molar-refractivity contribution in [3.05, 3.63) is 0 Å². The van der Waals surface area contributed by atoms with Crippen molar-refractivity contribution in [2.75, 3.05) is 26.4 Å². The smallest absolute Gasteiger partial charge is 0.100 e. The van der Waals surface area contributed by atoms with Gasteiger partial charge in [0.15, 0.2) is 0 Å². The molecule has 0 amide bonds. The number of nitrogens with two attached hydrogens (primary N) is 1. The molecule has 5 nitrogen and oxygen atoms in total. The molecule has 2 unspecified atom stereocenters. The molecule has 0 aromatic rings. The van der Waals surface area contributed by atoms with Crippen LogP contribution in [0.5, 0.6) is 0 Å². The van der Waals surface area contributed by atoms with Crippen molar-refractivity contribution in [1.29, 1.82) is 0 Å². The Kier molecular flexibility index (Phi) is 5.36. The maximum Gasteiger partial charge on any atom is 0.100 e. The van der Waals surface area contributed by atoms with Crippen LogP contribution in [-0.2, 0) is 4.74 Å². The Bertz CT molecular complexity index is 118. The Morgan fingerprint density at radius 3 is 2.50 bits per heavy atom. The van der Waals surface area contributed by atoms with Gasteiger partial charge < -0.3 is 25.8 Å². The molecule has 5 N–H and O–H groups in total. The maximum atomic E-state index is 8.85. The van der Waals surface area contributed by atoms with Gasteiger partial charge in [0.1, 0.15) is 6.10 Å². The van der Waals surface area contributed by atoms with Crippen molar-refractivity contribution in [1.82, 2.24) is 0 Å². The van der Waals surface area contributed by atoms with Gasteiger partial charge in [0.2, 0.25) is 0 Å². The van der Waals surface area contributed by atoms with Crippen LogP contribution in [-0.4, -0.2) is 53.4 Å². The summed E-state index contributed by atoms with van der Waals surface area (Å²) in [6.45, 7) is 1.31. The summed E-state index contributed by atoms with van der Waals surface area (Å²) in [5.74, 6) is 0. The molecule has 0 saturated carbocycles. The van der Waals surface area contributed by atoms with E-state index in [9.17, 15) is 0 Å². The first-order valence-corrected chi connectivity index (χ1v) is 3.78. The highest BCUT2D eigenvalue weighted by Crippen LogP contribution is 1.98. The Hall–Kier alpha value is -0.200. The summed E-state index contributed by atoms with van der Waals surface area (Å²) in [5, 5.41) is 26.0. The van der Waals surface area contributed by atoms with Gasteiger partial charge in [-0.25, -0.2) is 0 Å². The topological polar surface area (TPSA) is 95.9 Å². The summed E-state index contributed by atoms with van der Waals surface area (Å²) in [7, 11) is 0. The SMILES string of the molecule is CC(N)(CO)COCC(O)CO. The zero-order valence-corrected chi connectivity index (χ0v) is 7.23. The first-order valence-electron chi connectivity index (χ1n) is 3.78. The van der Waals surface area contributed by atoms with Gasteiger partial charge in [-0.15, -0.1) is 0 Å². The maximum absolute atomic E-state index is 8.85. The lowest BCUT2D eigenvalue weighted by molar-refractivity contribution is -0.0140. The standard InChI is InChI=1S/C7H17NO4/c1-7(8,4-10)5-12-3-6(11)2-9/h6,9-11H,2-5,8H2,1H3. The van der Waals surface area contributed by atoms with Crippen LogP contribution in [0.1, 0.15) is 6.92 Å². The van der Waals surface area contributed by atoms with Crippen LogP contribution in [0.4, 0.5) is 0 Å². The Morgan fingerprint density at radius 2 is 2.08 bits per heavy atom. The second-order valence-corrected chi connectivity index (χ2v) is 3.16. The minimum absolute atomic E-state index is 0.0310. The lowest BCUT2D eigenvalue weighted by atomic mass is 10.1. The minimum atomic E-state index is -0.875. The molecule has 0 heterocycles. The highest BCUT2D eigenvalue weighted by atomic mass is 16.5. The van der Waals surface area contributed by atoms with E-state index in [4.69, 9.17) is 25.8 Å². The predicted molar refractivity (Wildman–Crippen MR) is 43.6 cm³/mol. The van der Waals surface area contributed by atoms with Crippen LogP contribution in [0, 0.1) is 0 Å². The molecule has 0 aromatic carbocycles. The molecule has 0 aromatic heterocycles. The molecule has 0 rings (SSSR count). The monoisotopic (exact) mass is 179 g/mol. The largest absolute Gasteiger partial charge is 0.394 e. The van der Waals surface area contributed by atoms with Gasteiger partial charge in [-0.2, -0.15) is 0 Å². The Labute approximate surface area is 71.8 Å². The number of ether oxygens (including phenoxy) is 1. The molecule has 12 heavy (non-hydrogen) atoms. The summed E-state index contributed by atoms with van der Waals surface area (Å²) < 4.78 is 4.95. The Balaban J connectivity index is 3.42. The molecule has 2 atom stereocenters. The van der Waals surface area contributed by atoms with Gasteiger partial charge >= 0.3 is 0 Å². The second-order valence-electron chi connectivity index (χ2n) is 3.16. The van der Waals surface area contributed by atoms with Crippen molar-refractivity contribution >= 4 is 0 Å². The zero-order valence-electron chi connectivity index (χ0n) is 7.23. The average molecular weight is 179 g/mol. The molecule has 0 bridgehead atoms. The van der Waals surface area contributed by atoms with E-state index >= 15 is 0 Å². The molecule has 0 aliphatic heterocycles. The first kappa shape index (κ1) is 11.8. The highest BCUT2D eigenvalue weighted by Gasteiger charge is 2.17. The van der Waals surface area contributed by atoms with E-state index in [1.54, 1.807) is 6.92 Å². The quantitative estimate of drug-likeness (QED) is 0.380. The molecular weight excluding hydrogens is 162 g/mol. The Morgan fingerprint density at radius 1 is 1.50 bits per heavy atom. The molecule has 0 saturated heterocycles. The molecule has 0 aliphatic rings. The molecule has 0 fully saturated rings. The fourth-order valence-electron chi connectivity index (χ4n) is 0.526. The minimum Gasteiger partial charge on any atom is -0.394 e. The van der Waals surface area contributed by atoms with Gasteiger partial charge in [-0.1, -0.05) is 0 Å². The molecule has 74 valence electrons. The second kappa shape index (κ2) is 5.45. The average Bonchev–Trinajstić information content (AvgIpc) is 2.04. The van der Waals surface area contributed by atoms with Gasteiger partial charge in [0, 0.05) is 0 Å². The number of hydrogen-bond acceptors (Lipinski definition) is 5. The number of hydrogen-bond donors (Lipinski definition) is 4. The van der Waals surface area contributed by atoms with E-state index in [-0.39, 0.29) is 26.4 Å². The molecule has 5 heteroatoms. The third-order valence-electron chi connectivity index (χ3n) is 1.31. The van der Waals surface area contributed by atoms with Crippen LogP contribution in [0.3, 0.4) is 0 Å². The molecular formula is C7H17NO4. The van der Waals surface area contributed by atoms with E-state index in [0.29, 0.717) is 0 Å². The first-order chi connectivity index (χ1) is 5.52. The van der Waals surface area contributed by atoms with E-state index in [2.05, 4.69) is 0 Å². The van der Waals surface area contributed by atoms with Gasteiger partial charge in [0.25, 0.3) is 0 Å². The van der Waals surface area contributed by atoms with Crippen LogP contribution >= 0.6 is 0 Å². The lowest BCUT2D eigenvalue weighted by Crippen LogP contribution is -2.45. The predicted octanol–water partition coefficient (Wildman–Crippen LogP) is -1.93. The van der Waals surface area contributed by atoms with Gasteiger partial charge in [-0.05, 0) is 6.92 Å². The summed E-state index contributed by atoms with van der Waals surface area (Å²) in [4.78, 5) is 0. The molecule has 0 aliphatic carbocycles. The van der Waals surface area contributed by atoms with Crippen molar-refractivity contribution in [2.24, 2.45) is 5.73 Å². The fraction of sp³-hybridized carbons (Fsp3) is 1.00. The third kappa shape index (κ3) is 5.45. The van der Waals surface area contributed by atoms with E-state index in [1.165, 1.54) is 0 Å². The third-order valence-corrected chi connectivity index (χ3v) is 1.31. The summed E-state index contributed by atoms with van der Waals surface area (Å²) in [5.41, 5.74) is 4.74. The van der Waals surface area contributed by atoms with Crippen molar-refractivity contribution in [3.8, 4) is 0 Å². The summed E-state index contributed by atoms with van der Waals surface area (Å²) >= 11 is 0. The molecule has 0 spiro atoms. The van der Waals surface area contributed by atoms with Crippen LogP contribution in [0.15, 0.2) is 0 Å². The number of aliphatic hydroxyl groups excluding tert-OH is 3. The van der Waals surface area contributed by atoms with Crippen molar-refractivity contribution in [2.45, 2.75) is 18.6 Å². The van der Waals surface area contributed by atoms with E-state index in [0.717, 1.165) is 0 Å². The lowest BCUT2D eigenvalue weighted by Gasteiger charge is -2.21. The number of rotatable bonds is 6. The van der Waals surface area contributed by atoms with Gasteiger partial charge in [-0.3, -0.25) is 0 Å². The van der Waals surface area contributed by atoms with Crippen molar-refractivity contribution in [3.63, 3.8) is 0 Å². The van der Waals surface area contributed by atoms with Crippen LogP contribution in [0.2, 0.25) is 0 Å². The number of aliphatic hydroxyl groups is 3. The normalized spacial score (nSPS) is 18.8. The van der Waals surface area contributed by atoms with Crippen molar-refractivity contribution < 1.29 is 20.1 Å². The van der Waals surface area contributed by atoms with E-state index in [1.807, 2.05) is 0 Å². The van der Waals surface area contributed by atoms with Crippen LogP contribution < -0.4 is 5.73 Å². The fourth-order valence-corrected chi connectivity index (χ4v) is 0.526. The van der Waals surface area contributed by atoms with Gasteiger partial charge in [0.05, 0.1) is 32.0 Å². The molecule has 0 radical (unpaired) electrons. The van der Waals surface area contributed by atoms with Crippen LogP contribution in [0.25, 0.3) is 0 Å². The zero-order chi connectivity index (χ0) is 9.61. The summed E-state index contributed by atoms with van der Waals surface area (Å²) in [6, 6.07) is 0. The van der Waals surface area contributed by atoms with E-state index < -0.39 is 11.6 Å².